The molecule has 0 aromatic heterocycles. The van der Waals surface area contributed by atoms with Gasteiger partial charge in [0, 0.05) is 21.7 Å². The molecule has 0 unspecified atom stereocenters. The molecule has 0 saturated carbocycles. The number of hydrogen-bond donors (Lipinski definition) is 1. The van der Waals surface area contributed by atoms with E-state index in [1.165, 1.54) is 24.1 Å². The Morgan fingerprint density at radius 2 is 1.79 bits per heavy atom. The fraction of sp³-hybridized carbons (Fsp3) is 0. The normalized spacial score (nSPS) is 10.2. The third-order valence-corrected chi connectivity index (χ3v) is 3.64. The molecule has 0 amide bonds. The maximum absolute atomic E-state index is 10.8. The van der Waals surface area contributed by atoms with Gasteiger partial charge in [0.1, 0.15) is 5.02 Å². The highest BCUT2D eigenvalue weighted by Gasteiger charge is 2.12. The van der Waals surface area contributed by atoms with Crippen LogP contribution in [0.25, 0.3) is 0 Å². The molecule has 0 bridgehead atoms. The predicted octanol–water partition coefficient (Wildman–Crippen LogP) is 5.02. The van der Waals surface area contributed by atoms with Crippen molar-refractivity contribution in [2.24, 2.45) is 0 Å². The third kappa shape index (κ3) is 3.76. The van der Waals surface area contributed by atoms with Crippen LogP contribution < -0.4 is 4.72 Å². The Hall–Kier alpha value is -1.43. The van der Waals surface area contributed by atoms with E-state index >= 15 is 0 Å². The molecule has 0 spiro atoms. The van der Waals surface area contributed by atoms with Gasteiger partial charge in [0.05, 0.1) is 4.92 Å². The SMILES string of the molecule is O=[N+]([O-])c1cc(SNc2ccc(Cl)cc2)ccc1Cl. The topological polar surface area (TPSA) is 55.2 Å². The monoisotopic (exact) mass is 314 g/mol. The molecule has 0 radical (unpaired) electrons. The summed E-state index contributed by atoms with van der Waals surface area (Å²) in [5.74, 6) is 0. The molecule has 0 aliphatic carbocycles. The number of nitrogens with zero attached hydrogens (tertiary/aromatic N) is 1. The van der Waals surface area contributed by atoms with Crippen LogP contribution in [0, 0.1) is 10.1 Å². The van der Waals surface area contributed by atoms with Crippen LogP contribution in [0.2, 0.25) is 10.0 Å². The lowest BCUT2D eigenvalue weighted by molar-refractivity contribution is -0.384. The summed E-state index contributed by atoms with van der Waals surface area (Å²) in [4.78, 5) is 11.0. The van der Waals surface area contributed by atoms with E-state index in [-0.39, 0.29) is 10.7 Å². The third-order valence-electron chi connectivity index (χ3n) is 2.25. The van der Waals surface area contributed by atoms with Crippen LogP contribution in [0.15, 0.2) is 47.4 Å². The lowest BCUT2D eigenvalue weighted by Gasteiger charge is -2.05. The summed E-state index contributed by atoms with van der Waals surface area (Å²) in [6.45, 7) is 0. The Kier molecular flexibility index (Phi) is 4.52. The van der Waals surface area contributed by atoms with Gasteiger partial charge < -0.3 is 4.72 Å². The first-order valence-corrected chi connectivity index (χ1v) is 6.76. The van der Waals surface area contributed by atoms with E-state index in [9.17, 15) is 10.1 Å². The molecule has 0 aliphatic rings. The highest BCUT2D eigenvalue weighted by atomic mass is 35.5. The Labute approximate surface area is 124 Å². The summed E-state index contributed by atoms with van der Waals surface area (Å²) < 4.78 is 3.07. The van der Waals surface area contributed by atoms with Gasteiger partial charge in [-0.3, -0.25) is 10.1 Å². The Morgan fingerprint density at radius 1 is 1.11 bits per heavy atom. The Balaban J connectivity index is 2.09. The van der Waals surface area contributed by atoms with Crippen LogP contribution in [0.5, 0.6) is 0 Å². The standard InChI is InChI=1S/C12H8Cl2N2O2S/c13-8-1-3-9(4-2-8)15-19-10-5-6-11(14)12(7-10)16(17)18/h1-7,15H. The van der Waals surface area contributed by atoms with Gasteiger partial charge in [-0.25, -0.2) is 0 Å². The van der Waals surface area contributed by atoms with Crippen molar-refractivity contribution in [2.45, 2.75) is 4.90 Å². The summed E-state index contributed by atoms with van der Waals surface area (Å²) in [5.41, 5.74) is 0.747. The van der Waals surface area contributed by atoms with Crippen molar-refractivity contribution < 1.29 is 4.92 Å². The molecule has 0 aliphatic heterocycles. The van der Waals surface area contributed by atoms with Crippen molar-refractivity contribution in [1.82, 2.24) is 0 Å². The molecule has 2 aromatic rings. The number of nitrogens with one attached hydrogen (secondary N) is 1. The van der Waals surface area contributed by atoms with E-state index in [0.29, 0.717) is 9.92 Å². The van der Waals surface area contributed by atoms with Crippen molar-refractivity contribution in [3.05, 3.63) is 62.6 Å². The zero-order chi connectivity index (χ0) is 13.8. The fourth-order valence-electron chi connectivity index (χ4n) is 1.33. The van der Waals surface area contributed by atoms with Crippen LogP contribution in [0.4, 0.5) is 11.4 Å². The molecule has 0 heterocycles. The van der Waals surface area contributed by atoms with E-state index in [1.54, 1.807) is 18.2 Å². The molecule has 19 heavy (non-hydrogen) atoms. The van der Waals surface area contributed by atoms with E-state index in [2.05, 4.69) is 4.72 Å². The number of anilines is 1. The molecule has 0 saturated heterocycles. The van der Waals surface area contributed by atoms with Crippen LogP contribution in [0.3, 0.4) is 0 Å². The second-order valence-electron chi connectivity index (χ2n) is 3.58. The maximum Gasteiger partial charge on any atom is 0.289 e. The van der Waals surface area contributed by atoms with Crippen molar-refractivity contribution in [2.75, 3.05) is 4.72 Å². The van der Waals surface area contributed by atoms with Gasteiger partial charge in [-0.05, 0) is 48.3 Å². The van der Waals surface area contributed by atoms with Crippen LogP contribution in [0.1, 0.15) is 0 Å². The first kappa shape index (κ1) is 14.0. The second kappa shape index (κ2) is 6.14. The van der Waals surface area contributed by atoms with Gasteiger partial charge in [-0.1, -0.05) is 23.2 Å². The van der Waals surface area contributed by atoms with Gasteiger partial charge in [-0.2, -0.15) is 0 Å². The molecule has 4 nitrogen and oxygen atoms in total. The Morgan fingerprint density at radius 3 is 2.42 bits per heavy atom. The Bertz CT molecular complexity index is 605. The van der Waals surface area contributed by atoms with E-state index in [0.717, 1.165) is 5.69 Å². The van der Waals surface area contributed by atoms with Crippen molar-refractivity contribution in [3.63, 3.8) is 0 Å². The largest absolute Gasteiger partial charge is 0.326 e. The number of nitro groups is 1. The lowest BCUT2D eigenvalue weighted by atomic mass is 10.3. The van der Waals surface area contributed by atoms with Gasteiger partial charge in [0.25, 0.3) is 5.69 Å². The van der Waals surface area contributed by atoms with Crippen LogP contribution >= 0.6 is 35.1 Å². The molecule has 0 atom stereocenters. The number of halogens is 2. The molecule has 7 heteroatoms. The van der Waals surface area contributed by atoms with Crippen LogP contribution in [-0.2, 0) is 0 Å². The molecular formula is C12H8Cl2N2O2S. The first-order valence-electron chi connectivity index (χ1n) is 5.18. The van der Waals surface area contributed by atoms with Gasteiger partial charge in [0.2, 0.25) is 0 Å². The first-order chi connectivity index (χ1) is 9.06. The van der Waals surface area contributed by atoms with Gasteiger partial charge >= 0.3 is 0 Å². The molecule has 1 N–H and O–H groups in total. The minimum atomic E-state index is -0.505. The van der Waals surface area contributed by atoms with Gasteiger partial charge in [0.15, 0.2) is 0 Å². The minimum Gasteiger partial charge on any atom is -0.326 e. The molecule has 2 rings (SSSR count). The van der Waals surface area contributed by atoms with Crippen molar-refractivity contribution in [3.8, 4) is 0 Å². The molecule has 98 valence electrons. The molecular weight excluding hydrogens is 307 g/mol. The van der Waals surface area contributed by atoms with E-state index in [1.807, 2.05) is 12.1 Å². The molecule has 0 fully saturated rings. The summed E-state index contributed by atoms with van der Waals surface area (Å²) in [6.07, 6.45) is 0. The van der Waals surface area contributed by atoms with Crippen molar-refractivity contribution >= 4 is 46.5 Å². The highest BCUT2D eigenvalue weighted by Crippen LogP contribution is 2.30. The van der Waals surface area contributed by atoms with E-state index < -0.39 is 4.92 Å². The summed E-state index contributed by atoms with van der Waals surface area (Å²) in [5, 5.41) is 11.5. The van der Waals surface area contributed by atoms with Gasteiger partial charge in [-0.15, -0.1) is 0 Å². The quantitative estimate of drug-likeness (QED) is 0.489. The zero-order valence-electron chi connectivity index (χ0n) is 9.47. The summed E-state index contributed by atoms with van der Waals surface area (Å²) >= 11 is 12.8. The molecule has 2 aromatic carbocycles. The number of nitro benzene ring substituents is 1. The zero-order valence-corrected chi connectivity index (χ0v) is 11.8. The smallest absolute Gasteiger partial charge is 0.289 e. The minimum absolute atomic E-state index is 0.107. The maximum atomic E-state index is 10.8. The van der Waals surface area contributed by atoms with Crippen LogP contribution in [-0.4, -0.2) is 4.92 Å². The number of rotatable bonds is 4. The average Bonchev–Trinajstić information content (AvgIpc) is 2.39. The number of benzene rings is 2. The van der Waals surface area contributed by atoms with Crippen molar-refractivity contribution in [1.29, 1.82) is 0 Å². The highest BCUT2D eigenvalue weighted by molar-refractivity contribution is 8.00. The predicted molar refractivity (Wildman–Crippen MR) is 79.0 cm³/mol. The number of hydrogen-bond acceptors (Lipinski definition) is 4. The lowest BCUT2D eigenvalue weighted by Crippen LogP contribution is -1.91. The fourth-order valence-corrected chi connectivity index (χ4v) is 2.32. The average molecular weight is 315 g/mol. The summed E-state index contributed by atoms with van der Waals surface area (Å²) in [6, 6.07) is 11.8. The second-order valence-corrected chi connectivity index (χ2v) is 5.30. The summed E-state index contributed by atoms with van der Waals surface area (Å²) in [7, 11) is 0. The van der Waals surface area contributed by atoms with E-state index in [4.69, 9.17) is 23.2 Å².